The number of alkyl halides is 2. The summed E-state index contributed by atoms with van der Waals surface area (Å²) in [6, 6.07) is 0. The number of aliphatic hydroxyl groups is 1. The minimum absolute atomic E-state index is 0.0682. The topological polar surface area (TPSA) is 101 Å². The van der Waals surface area contributed by atoms with Crippen molar-refractivity contribution in [2.75, 3.05) is 12.4 Å². The molecule has 11 heteroatoms. The molecular formula is C10H14F2O6S3. The summed E-state index contributed by atoms with van der Waals surface area (Å²) in [6.07, 6.45) is 0.733. The van der Waals surface area contributed by atoms with E-state index in [1.54, 1.807) is 0 Å². The average molecular weight is 364 g/mol. The van der Waals surface area contributed by atoms with Crippen LogP contribution in [0.25, 0.3) is 0 Å². The summed E-state index contributed by atoms with van der Waals surface area (Å²) >= 11 is 2.79. The molecule has 2 fully saturated rings. The molecule has 21 heavy (non-hydrogen) atoms. The molecule has 0 bridgehead atoms. The van der Waals surface area contributed by atoms with Crippen molar-refractivity contribution in [2.45, 2.75) is 39.9 Å². The number of esters is 1. The smallest absolute Gasteiger partial charge is 0.455 e. The molecule has 1 aliphatic heterocycles. The molecule has 1 saturated carbocycles. The lowest BCUT2D eigenvalue weighted by atomic mass is 10.3. The van der Waals surface area contributed by atoms with E-state index >= 15 is 0 Å². The molecule has 1 heterocycles. The molecule has 6 nitrogen and oxygen atoms in total. The molecule has 3 unspecified atom stereocenters. The zero-order valence-electron chi connectivity index (χ0n) is 10.7. The first-order chi connectivity index (χ1) is 9.62. The van der Waals surface area contributed by atoms with Crippen LogP contribution < -0.4 is 0 Å². The van der Waals surface area contributed by atoms with Crippen LogP contribution in [0.1, 0.15) is 19.3 Å². The number of hydrogen-bond acceptors (Lipinski definition) is 7. The van der Waals surface area contributed by atoms with Crippen LogP contribution in [0.2, 0.25) is 0 Å². The summed E-state index contributed by atoms with van der Waals surface area (Å²) in [5.74, 6) is -1.66. The van der Waals surface area contributed by atoms with E-state index < -0.39 is 31.5 Å². The van der Waals surface area contributed by atoms with Crippen LogP contribution in [-0.4, -0.2) is 57.1 Å². The number of rotatable bonds is 4. The standard InChI is InChI=1S/C10H14F2O6S3/c11-10(12,21(15,16)17)8(14)18-7-2-1-3-9(7)19-5-6(4-13)20-9/h6-7,13H,1-5H2,(H,15,16,17). The molecule has 122 valence electrons. The molecule has 1 spiro atoms. The van der Waals surface area contributed by atoms with Gasteiger partial charge in [-0.3, -0.25) is 4.55 Å². The van der Waals surface area contributed by atoms with E-state index in [9.17, 15) is 22.0 Å². The van der Waals surface area contributed by atoms with Gasteiger partial charge in [-0.2, -0.15) is 17.2 Å². The summed E-state index contributed by atoms with van der Waals surface area (Å²) in [5, 5.41) is 4.10. The lowest BCUT2D eigenvalue weighted by molar-refractivity contribution is -0.166. The molecule has 1 aliphatic carbocycles. The van der Waals surface area contributed by atoms with Gasteiger partial charge in [0.1, 0.15) is 6.10 Å². The quantitative estimate of drug-likeness (QED) is 0.565. The summed E-state index contributed by atoms with van der Waals surface area (Å²) in [5.41, 5.74) is 0. The Bertz CT molecular complexity index is 525. The van der Waals surface area contributed by atoms with E-state index in [0.29, 0.717) is 25.0 Å². The molecule has 2 aliphatic rings. The first-order valence-electron chi connectivity index (χ1n) is 6.11. The second kappa shape index (κ2) is 5.84. The summed E-state index contributed by atoms with van der Waals surface area (Å²) in [4.78, 5) is 11.4. The Morgan fingerprint density at radius 3 is 2.67 bits per heavy atom. The maximum absolute atomic E-state index is 13.2. The van der Waals surface area contributed by atoms with Gasteiger partial charge in [-0.25, -0.2) is 4.79 Å². The largest absolute Gasteiger partial charge is 0.465 e. The fourth-order valence-electron chi connectivity index (χ4n) is 2.34. The van der Waals surface area contributed by atoms with Gasteiger partial charge in [-0.05, 0) is 19.3 Å². The number of halogens is 2. The van der Waals surface area contributed by atoms with Crippen molar-refractivity contribution >= 4 is 39.6 Å². The highest BCUT2D eigenvalue weighted by Gasteiger charge is 2.58. The number of aliphatic hydroxyl groups excluding tert-OH is 1. The van der Waals surface area contributed by atoms with Gasteiger partial charge in [-0.15, -0.1) is 23.5 Å². The van der Waals surface area contributed by atoms with Gasteiger partial charge >= 0.3 is 21.3 Å². The van der Waals surface area contributed by atoms with Gasteiger partial charge < -0.3 is 9.84 Å². The molecule has 2 rings (SSSR count). The SMILES string of the molecule is O=C(OC1CCCC12SCC(CO)S2)C(F)(F)S(=O)(=O)O. The first kappa shape index (κ1) is 17.3. The highest BCUT2D eigenvalue weighted by atomic mass is 32.2. The van der Waals surface area contributed by atoms with Crippen LogP contribution in [0.3, 0.4) is 0 Å². The van der Waals surface area contributed by atoms with Crippen molar-refractivity contribution in [3.63, 3.8) is 0 Å². The number of thioether (sulfide) groups is 2. The van der Waals surface area contributed by atoms with Crippen LogP contribution in [0.5, 0.6) is 0 Å². The van der Waals surface area contributed by atoms with Crippen molar-refractivity contribution in [2.24, 2.45) is 0 Å². The predicted molar refractivity (Wildman–Crippen MR) is 73.9 cm³/mol. The molecule has 0 radical (unpaired) electrons. The maximum atomic E-state index is 13.2. The fraction of sp³-hybridized carbons (Fsp3) is 0.900. The van der Waals surface area contributed by atoms with Crippen LogP contribution in [0.4, 0.5) is 8.78 Å². The highest BCUT2D eigenvalue weighted by Crippen LogP contribution is 2.58. The third kappa shape index (κ3) is 3.16. The normalized spacial score (nSPS) is 33.5. The Hall–Kier alpha value is -0.100. The first-order valence-corrected chi connectivity index (χ1v) is 9.41. The van der Waals surface area contributed by atoms with Gasteiger partial charge in [0.2, 0.25) is 0 Å². The second-order valence-electron chi connectivity index (χ2n) is 4.82. The van der Waals surface area contributed by atoms with Crippen LogP contribution in [-0.2, 0) is 19.6 Å². The lowest BCUT2D eigenvalue weighted by Crippen LogP contribution is -2.43. The van der Waals surface area contributed by atoms with Gasteiger partial charge in [0.25, 0.3) is 0 Å². The van der Waals surface area contributed by atoms with Crippen molar-refractivity contribution in [3.05, 3.63) is 0 Å². The maximum Gasteiger partial charge on any atom is 0.465 e. The van der Waals surface area contributed by atoms with E-state index in [1.165, 1.54) is 23.5 Å². The monoisotopic (exact) mass is 364 g/mol. The highest BCUT2D eigenvalue weighted by molar-refractivity contribution is 8.21. The van der Waals surface area contributed by atoms with Gasteiger partial charge in [0, 0.05) is 11.0 Å². The second-order valence-corrected chi connectivity index (χ2v) is 9.53. The summed E-state index contributed by atoms with van der Waals surface area (Å²) < 4.78 is 60.0. The molecule has 3 atom stereocenters. The van der Waals surface area contributed by atoms with Gasteiger partial charge in [0.05, 0.1) is 10.7 Å². The van der Waals surface area contributed by atoms with Crippen LogP contribution >= 0.6 is 23.5 Å². The Kier molecular flexibility index (Phi) is 4.80. The average Bonchev–Trinajstić information content (AvgIpc) is 2.97. The van der Waals surface area contributed by atoms with E-state index in [2.05, 4.69) is 4.74 Å². The number of hydrogen-bond donors (Lipinski definition) is 2. The van der Waals surface area contributed by atoms with Crippen LogP contribution in [0.15, 0.2) is 0 Å². The van der Waals surface area contributed by atoms with Crippen molar-refractivity contribution in [3.8, 4) is 0 Å². The van der Waals surface area contributed by atoms with Crippen LogP contribution in [0, 0.1) is 0 Å². The van der Waals surface area contributed by atoms with E-state index in [-0.39, 0.29) is 11.9 Å². The summed E-state index contributed by atoms with van der Waals surface area (Å²) in [6.45, 7) is -0.0682. The van der Waals surface area contributed by atoms with Crippen molar-refractivity contribution < 1.29 is 36.4 Å². The Morgan fingerprint density at radius 2 is 2.14 bits per heavy atom. The Balaban J connectivity index is 2.11. The minimum Gasteiger partial charge on any atom is -0.455 e. The molecule has 0 aromatic rings. The number of ether oxygens (including phenoxy) is 1. The molecule has 0 aromatic heterocycles. The minimum atomic E-state index is -5.86. The molecule has 2 N–H and O–H groups in total. The van der Waals surface area contributed by atoms with Crippen molar-refractivity contribution in [1.29, 1.82) is 0 Å². The van der Waals surface area contributed by atoms with E-state index in [1.807, 2.05) is 0 Å². The molecule has 1 saturated heterocycles. The zero-order valence-corrected chi connectivity index (χ0v) is 13.1. The van der Waals surface area contributed by atoms with E-state index in [4.69, 9.17) is 9.66 Å². The fourth-order valence-corrected chi connectivity index (χ4v) is 6.39. The lowest BCUT2D eigenvalue weighted by Gasteiger charge is -2.30. The zero-order chi connectivity index (χ0) is 15.9. The van der Waals surface area contributed by atoms with Gasteiger partial charge in [-0.1, -0.05) is 0 Å². The Morgan fingerprint density at radius 1 is 1.48 bits per heavy atom. The molecular weight excluding hydrogens is 350 g/mol. The predicted octanol–water partition coefficient (Wildman–Crippen LogP) is 1.10. The number of carbonyl (C=O) groups is 1. The van der Waals surface area contributed by atoms with E-state index in [0.717, 1.165) is 0 Å². The van der Waals surface area contributed by atoms with Crippen molar-refractivity contribution in [1.82, 2.24) is 0 Å². The van der Waals surface area contributed by atoms with Gasteiger partial charge in [0.15, 0.2) is 0 Å². The molecule has 0 amide bonds. The third-order valence-electron chi connectivity index (χ3n) is 3.38. The summed E-state index contributed by atoms with van der Waals surface area (Å²) in [7, 11) is -5.86. The molecule has 0 aromatic carbocycles. The number of carbonyl (C=O) groups excluding carboxylic acids is 1. The third-order valence-corrected chi connectivity index (χ3v) is 8.08. The Labute approximate surface area is 128 Å².